The van der Waals surface area contributed by atoms with Gasteiger partial charge in [0, 0.05) is 28.7 Å². The van der Waals surface area contributed by atoms with E-state index >= 15 is 0 Å². The average Bonchev–Trinajstić information content (AvgIpc) is 3.45. The highest BCUT2D eigenvalue weighted by molar-refractivity contribution is 8.27. The van der Waals surface area contributed by atoms with E-state index in [1.54, 1.807) is 55.1 Å². The van der Waals surface area contributed by atoms with Crippen molar-refractivity contribution in [2.75, 3.05) is 4.90 Å². The summed E-state index contributed by atoms with van der Waals surface area (Å²) in [5.41, 5.74) is 1.94. The molecule has 6 nitrogen and oxygen atoms in total. The number of hydrogen-bond acceptors (Lipinski definition) is 5. The fourth-order valence-electron chi connectivity index (χ4n) is 3.88. The highest BCUT2D eigenvalue weighted by Gasteiger charge is 2.38. The zero-order chi connectivity index (χ0) is 24.9. The molecule has 2 aromatic carbocycles. The van der Waals surface area contributed by atoms with Crippen LogP contribution in [-0.2, 0) is 11.8 Å². The highest BCUT2D eigenvalue weighted by Crippen LogP contribution is 2.37. The number of anilines is 1. The molecule has 10 heteroatoms. The molecule has 0 atom stereocenters. The van der Waals surface area contributed by atoms with E-state index < -0.39 is 0 Å². The molecule has 0 aliphatic carbocycles. The van der Waals surface area contributed by atoms with E-state index in [-0.39, 0.29) is 21.5 Å². The van der Waals surface area contributed by atoms with Crippen LogP contribution in [0.5, 0.6) is 0 Å². The number of para-hydroxylation sites is 1. The van der Waals surface area contributed by atoms with Gasteiger partial charge in [0.05, 0.1) is 16.3 Å². The van der Waals surface area contributed by atoms with Crippen LogP contribution in [0.2, 0.25) is 10.0 Å². The van der Waals surface area contributed by atoms with Gasteiger partial charge in [-0.1, -0.05) is 65.4 Å². The molecule has 1 fully saturated rings. The van der Waals surface area contributed by atoms with Gasteiger partial charge >= 0.3 is 0 Å². The quantitative estimate of drug-likeness (QED) is 0.219. The summed E-state index contributed by atoms with van der Waals surface area (Å²) in [7, 11) is 1.77. The SMILES string of the molecule is Cc1c(N2C(=O)/C(=C/c3ccc(-c4cc(Cl)cc(Cl)c4)o3)SC2=S)c(=O)n(-c2ccccc2)n1C. The summed E-state index contributed by atoms with van der Waals surface area (Å²) in [5, 5.41) is 0.983. The topological polar surface area (TPSA) is 60.4 Å². The lowest BCUT2D eigenvalue weighted by molar-refractivity contribution is -0.113. The van der Waals surface area contributed by atoms with Gasteiger partial charge in [0.2, 0.25) is 0 Å². The average molecular weight is 542 g/mol. The number of thioether (sulfide) groups is 1. The van der Waals surface area contributed by atoms with E-state index in [9.17, 15) is 9.59 Å². The van der Waals surface area contributed by atoms with Crippen LogP contribution in [0.1, 0.15) is 11.5 Å². The fraction of sp³-hybridized carbons (Fsp3) is 0.0800. The molecular weight excluding hydrogens is 525 g/mol. The van der Waals surface area contributed by atoms with Crippen molar-refractivity contribution in [2.45, 2.75) is 6.92 Å². The van der Waals surface area contributed by atoms with Crippen LogP contribution in [-0.4, -0.2) is 19.6 Å². The standard InChI is InChI=1S/C25H17Cl2N3O3S2/c1-14-22(24(32)30(28(14)2)18-6-4-3-5-7-18)29-23(31)21(35-25(29)34)13-19-8-9-20(33-19)15-10-16(26)12-17(27)11-15/h3-13H,1-2H3/b21-13-. The van der Waals surface area contributed by atoms with Crippen LogP contribution >= 0.6 is 47.2 Å². The zero-order valence-electron chi connectivity index (χ0n) is 18.5. The smallest absolute Gasteiger partial charge is 0.296 e. The van der Waals surface area contributed by atoms with Crippen molar-refractivity contribution in [1.29, 1.82) is 0 Å². The van der Waals surface area contributed by atoms with Gasteiger partial charge in [-0.05, 0) is 49.4 Å². The van der Waals surface area contributed by atoms with Gasteiger partial charge in [-0.15, -0.1) is 0 Å². The second-order valence-electron chi connectivity index (χ2n) is 7.79. The first-order chi connectivity index (χ1) is 16.7. The summed E-state index contributed by atoms with van der Waals surface area (Å²) in [6.45, 7) is 1.79. The summed E-state index contributed by atoms with van der Waals surface area (Å²) in [5.74, 6) is 0.638. The Labute approximate surface area is 220 Å². The van der Waals surface area contributed by atoms with E-state index in [1.807, 2.05) is 30.3 Å². The Bertz CT molecular complexity index is 1560. The van der Waals surface area contributed by atoms with Crippen LogP contribution in [0, 0.1) is 6.92 Å². The maximum Gasteiger partial charge on any atom is 0.296 e. The van der Waals surface area contributed by atoms with E-state index in [1.165, 1.54) is 9.58 Å². The molecule has 0 radical (unpaired) electrons. The molecule has 0 bridgehead atoms. The summed E-state index contributed by atoms with van der Waals surface area (Å²) >= 11 is 18.8. The van der Waals surface area contributed by atoms with Crippen molar-refractivity contribution in [2.24, 2.45) is 7.05 Å². The maximum absolute atomic E-state index is 13.4. The van der Waals surface area contributed by atoms with Crippen LogP contribution in [0.4, 0.5) is 5.69 Å². The van der Waals surface area contributed by atoms with E-state index in [0.29, 0.717) is 37.9 Å². The first kappa shape index (κ1) is 23.7. The van der Waals surface area contributed by atoms with E-state index in [4.69, 9.17) is 39.8 Å². The van der Waals surface area contributed by atoms with Crippen molar-refractivity contribution < 1.29 is 9.21 Å². The van der Waals surface area contributed by atoms with Gasteiger partial charge < -0.3 is 4.42 Å². The zero-order valence-corrected chi connectivity index (χ0v) is 21.6. The lowest BCUT2D eigenvalue weighted by Crippen LogP contribution is -2.33. The molecule has 0 unspecified atom stereocenters. The van der Waals surface area contributed by atoms with E-state index in [2.05, 4.69) is 0 Å². The molecule has 1 saturated heterocycles. The molecule has 35 heavy (non-hydrogen) atoms. The third-order valence-corrected chi connectivity index (χ3v) is 7.33. The second-order valence-corrected chi connectivity index (χ2v) is 10.3. The number of benzene rings is 2. The van der Waals surface area contributed by atoms with E-state index in [0.717, 1.165) is 17.3 Å². The molecule has 176 valence electrons. The molecule has 4 aromatic rings. The van der Waals surface area contributed by atoms with Gasteiger partial charge in [-0.2, -0.15) is 0 Å². The first-order valence-electron chi connectivity index (χ1n) is 10.4. The number of amides is 1. The highest BCUT2D eigenvalue weighted by atomic mass is 35.5. The summed E-state index contributed by atoms with van der Waals surface area (Å²) in [6.07, 6.45) is 1.61. The lowest BCUT2D eigenvalue weighted by Gasteiger charge is -2.12. The molecule has 0 saturated carbocycles. The normalized spacial score (nSPS) is 15.0. The van der Waals surface area contributed by atoms with Crippen molar-refractivity contribution in [3.8, 4) is 17.0 Å². The molecular formula is C25H17Cl2N3O3S2. The van der Waals surface area contributed by atoms with Crippen molar-refractivity contribution in [3.63, 3.8) is 0 Å². The number of rotatable bonds is 4. The number of furan rings is 1. The minimum Gasteiger partial charge on any atom is -0.457 e. The monoisotopic (exact) mass is 541 g/mol. The number of halogens is 2. The van der Waals surface area contributed by atoms with Crippen molar-refractivity contribution >= 4 is 69.2 Å². The molecule has 1 amide bonds. The Hall–Kier alpha value is -3.04. The Morgan fingerprint density at radius 1 is 1.00 bits per heavy atom. The molecule has 0 N–H and O–H groups in total. The molecule has 1 aliphatic heterocycles. The van der Waals surface area contributed by atoms with Crippen LogP contribution in [0.3, 0.4) is 0 Å². The molecule has 5 rings (SSSR count). The molecule has 1 aliphatic rings. The van der Waals surface area contributed by atoms with Gasteiger partial charge in [0.25, 0.3) is 11.5 Å². The minimum absolute atomic E-state index is 0.232. The second kappa shape index (κ2) is 9.20. The summed E-state index contributed by atoms with van der Waals surface area (Å²) in [6, 6.07) is 17.9. The number of thiocarbonyl (C=S) groups is 1. The Morgan fingerprint density at radius 2 is 1.69 bits per heavy atom. The fourth-order valence-corrected chi connectivity index (χ4v) is 5.66. The number of nitrogens with zero attached hydrogens (tertiary/aromatic N) is 3. The summed E-state index contributed by atoms with van der Waals surface area (Å²) in [4.78, 5) is 28.4. The Kier molecular flexibility index (Phi) is 6.23. The third-order valence-electron chi connectivity index (χ3n) is 5.59. The van der Waals surface area contributed by atoms with Gasteiger partial charge in [0.1, 0.15) is 17.2 Å². The number of hydrogen-bond donors (Lipinski definition) is 0. The molecule has 3 heterocycles. The number of carbonyl (C=O) groups is 1. The van der Waals surface area contributed by atoms with Gasteiger partial charge in [-0.25, -0.2) is 4.68 Å². The van der Waals surface area contributed by atoms with Gasteiger partial charge in [0.15, 0.2) is 4.32 Å². The predicted octanol–water partition coefficient (Wildman–Crippen LogP) is 6.46. The maximum atomic E-state index is 13.4. The van der Waals surface area contributed by atoms with Gasteiger partial charge in [-0.3, -0.25) is 19.2 Å². The summed E-state index contributed by atoms with van der Waals surface area (Å²) < 4.78 is 9.41. The lowest BCUT2D eigenvalue weighted by atomic mass is 10.2. The van der Waals surface area contributed by atoms with Crippen LogP contribution in [0.25, 0.3) is 23.1 Å². The first-order valence-corrected chi connectivity index (χ1v) is 12.4. The molecule has 2 aromatic heterocycles. The Balaban J connectivity index is 1.49. The predicted molar refractivity (Wildman–Crippen MR) is 146 cm³/mol. The van der Waals surface area contributed by atoms with Crippen molar-refractivity contribution in [1.82, 2.24) is 9.36 Å². The van der Waals surface area contributed by atoms with Crippen LogP contribution in [0.15, 0.2) is 74.8 Å². The minimum atomic E-state index is -0.380. The Morgan fingerprint density at radius 3 is 2.37 bits per heavy atom. The van der Waals surface area contributed by atoms with Crippen LogP contribution < -0.4 is 10.5 Å². The number of aromatic nitrogens is 2. The third kappa shape index (κ3) is 4.27. The molecule has 0 spiro atoms. The van der Waals surface area contributed by atoms with Crippen molar-refractivity contribution in [3.05, 3.63) is 97.4 Å². The largest absolute Gasteiger partial charge is 0.457 e. The number of carbonyl (C=O) groups excluding carboxylic acids is 1.